The number of nitrogens with zero attached hydrogens (tertiary/aromatic N) is 3. The van der Waals surface area contributed by atoms with Gasteiger partial charge in [0.2, 0.25) is 0 Å². The number of aromatic nitrogens is 1. The molecule has 1 saturated heterocycles. The van der Waals surface area contributed by atoms with Gasteiger partial charge in [-0.15, -0.1) is 0 Å². The Morgan fingerprint density at radius 3 is 3.00 bits per heavy atom. The van der Waals surface area contributed by atoms with Crippen molar-refractivity contribution in [3.63, 3.8) is 0 Å². The van der Waals surface area contributed by atoms with Gasteiger partial charge >= 0.3 is 0 Å². The second-order valence-electron chi connectivity index (χ2n) is 5.41. The first-order valence-corrected chi connectivity index (χ1v) is 7.29. The van der Waals surface area contributed by atoms with E-state index in [0.29, 0.717) is 6.04 Å². The normalized spacial score (nSPS) is 21.4. The zero-order valence-corrected chi connectivity index (χ0v) is 12.4. The fourth-order valence-electron chi connectivity index (χ4n) is 2.94. The van der Waals surface area contributed by atoms with Crippen LogP contribution in [-0.4, -0.2) is 49.7 Å². The van der Waals surface area contributed by atoms with Crippen LogP contribution < -0.4 is 10.2 Å². The molecule has 1 fully saturated rings. The molecule has 1 aromatic rings. The van der Waals surface area contributed by atoms with Crippen LogP contribution in [0.5, 0.6) is 0 Å². The zero-order valence-electron chi connectivity index (χ0n) is 12.4. The lowest BCUT2D eigenvalue weighted by molar-refractivity contribution is 0.328. The van der Waals surface area contributed by atoms with E-state index in [0.717, 1.165) is 19.6 Å². The van der Waals surface area contributed by atoms with Gasteiger partial charge in [0.15, 0.2) is 0 Å². The van der Waals surface area contributed by atoms with Crippen molar-refractivity contribution in [3.05, 3.63) is 24.0 Å². The van der Waals surface area contributed by atoms with Crippen molar-refractivity contribution in [2.75, 3.05) is 38.6 Å². The minimum Gasteiger partial charge on any atom is -0.367 e. The predicted molar refractivity (Wildman–Crippen MR) is 80.5 cm³/mol. The van der Waals surface area contributed by atoms with Crippen LogP contribution in [0.1, 0.15) is 25.3 Å². The highest BCUT2D eigenvalue weighted by Gasteiger charge is 2.23. The first-order chi connectivity index (χ1) is 9.26. The van der Waals surface area contributed by atoms with Crippen LogP contribution in [0.15, 0.2) is 18.5 Å². The molecule has 4 heteroatoms. The van der Waals surface area contributed by atoms with E-state index < -0.39 is 0 Å². The third-order valence-electron chi connectivity index (χ3n) is 3.93. The summed E-state index contributed by atoms with van der Waals surface area (Å²) < 4.78 is 0. The van der Waals surface area contributed by atoms with Gasteiger partial charge in [-0.25, -0.2) is 0 Å². The lowest BCUT2D eigenvalue weighted by Crippen LogP contribution is -2.40. The molecule has 4 nitrogen and oxygen atoms in total. The maximum atomic E-state index is 4.27. The summed E-state index contributed by atoms with van der Waals surface area (Å²) in [5.41, 5.74) is 2.65. The lowest BCUT2D eigenvalue weighted by Gasteiger charge is -2.33. The number of anilines is 1. The SMILES string of the molecule is CCC1CN(C)CCCN1c1ccncc1CNC. The van der Waals surface area contributed by atoms with E-state index >= 15 is 0 Å². The van der Waals surface area contributed by atoms with Crippen molar-refractivity contribution >= 4 is 5.69 Å². The molecule has 1 N–H and O–H groups in total. The summed E-state index contributed by atoms with van der Waals surface area (Å²) in [6, 6.07) is 2.77. The van der Waals surface area contributed by atoms with Crippen LogP contribution in [0, 0.1) is 0 Å². The van der Waals surface area contributed by atoms with Crippen LogP contribution in [0.3, 0.4) is 0 Å². The highest BCUT2D eigenvalue weighted by atomic mass is 15.2. The molecule has 106 valence electrons. The standard InChI is InChI=1S/C15H26N4/c1-4-14-12-18(3)8-5-9-19(14)15-6-7-17-11-13(15)10-16-2/h6-7,11,14,16H,4-5,8-10,12H2,1-3H3. The minimum atomic E-state index is 0.602. The first-order valence-electron chi connectivity index (χ1n) is 7.29. The average molecular weight is 262 g/mol. The van der Waals surface area contributed by atoms with Gasteiger partial charge in [0.1, 0.15) is 0 Å². The molecule has 1 unspecified atom stereocenters. The van der Waals surface area contributed by atoms with Gasteiger partial charge < -0.3 is 15.1 Å². The first kappa shape index (κ1) is 14.3. The monoisotopic (exact) mass is 262 g/mol. The molecule has 1 aliphatic rings. The van der Waals surface area contributed by atoms with Crippen LogP contribution in [-0.2, 0) is 6.54 Å². The predicted octanol–water partition coefficient (Wildman–Crippen LogP) is 1.72. The smallest absolute Gasteiger partial charge is 0.0445 e. The van der Waals surface area contributed by atoms with Crippen molar-refractivity contribution in [1.82, 2.24) is 15.2 Å². The molecular formula is C15H26N4. The van der Waals surface area contributed by atoms with E-state index in [4.69, 9.17) is 0 Å². The van der Waals surface area contributed by atoms with Crippen molar-refractivity contribution in [2.24, 2.45) is 0 Å². The Labute approximate surface area is 116 Å². The van der Waals surface area contributed by atoms with Crippen LogP contribution in [0.2, 0.25) is 0 Å². The van der Waals surface area contributed by atoms with E-state index in [1.165, 1.54) is 30.6 Å². The number of hydrogen-bond donors (Lipinski definition) is 1. The fraction of sp³-hybridized carbons (Fsp3) is 0.667. The van der Waals surface area contributed by atoms with E-state index in [2.05, 4.69) is 40.1 Å². The summed E-state index contributed by atoms with van der Waals surface area (Å²) in [7, 11) is 4.22. The van der Waals surface area contributed by atoms with Gasteiger partial charge in [-0.05, 0) is 39.5 Å². The molecule has 0 spiro atoms. The van der Waals surface area contributed by atoms with Gasteiger partial charge in [-0.2, -0.15) is 0 Å². The molecular weight excluding hydrogens is 236 g/mol. The van der Waals surface area contributed by atoms with Crippen molar-refractivity contribution in [3.8, 4) is 0 Å². The topological polar surface area (TPSA) is 31.4 Å². The van der Waals surface area contributed by atoms with E-state index in [1.54, 1.807) is 0 Å². The highest BCUT2D eigenvalue weighted by molar-refractivity contribution is 5.53. The van der Waals surface area contributed by atoms with Crippen LogP contribution in [0.4, 0.5) is 5.69 Å². The Balaban J connectivity index is 2.27. The molecule has 1 aromatic heterocycles. The second kappa shape index (κ2) is 6.87. The Bertz CT molecular complexity index is 393. The molecule has 1 aliphatic heterocycles. The molecule has 0 saturated carbocycles. The van der Waals surface area contributed by atoms with Gasteiger partial charge in [0.25, 0.3) is 0 Å². The third kappa shape index (κ3) is 3.45. The molecule has 2 rings (SSSR count). The molecule has 0 aliphatic carbocycles. The van der Waals surface area contributed by atoms with Gasteiger partial charge in [0.05, 0.1) is 0 Å². The van der Waals surface area contributed by atoms with E-state index in [1.807, 2.05) is 19.4 Å². The van der Waals surface area contributed by atoms with Crippen molar-refractivity contribution < 1.29 is 0 Å². The Kier molecular flexibility index (Phi) is 5.16. The molecule has 19 heavy (non-hydrogen) atoms. The Morgan fingerprint density at radius 1 is 1.42 bits per heavy atom. The number of hydrogen-bond acceptors (Lipinski definition) is 4. The molecule has 0 aromatic carbocycles. The third-order valence-corrected chi connectivity index (χ3v) is 3.93. The van der Waals surface area contributed by atoms with Crippen molar-refractivity contribution in [2.45, 2.75) is 32.4 Å². The van der Waals surface area contributed by atoms with Gasteiger partial charge in [-0.3, -0.25) is 4.98 Å². The molecule has 0 radical (unpaired) electrons. The summed E-state index contributed by atoms with van der Waals surface area (Å²) in [5.74, 6) is 0. The van der Waals surface area contributed by atoms with Crippen LogP contribution in [0.25, 0.3) is 0 Å². The zero-order chi connectivity index (χ0) is 13.7. The summed E-state index contributed by atoms with van der Waals surface area (Å²) in [5, 5.41) is 3.24. The second-order valence-corrected chi connectivity index (χ2v) is 5.41. The number of likely N-dealkylation sites (N-methyl/N-ethyl adjacent to an activating group) is 1. The number of pyridine rings is 1. The van der Waals surface area contributed by atoms with Crippen LogP contribution >= 0.6 is 0 Å². The number of nitrogens with one attached hydrogen (secondary N) is 1. The fourth-order valence-corrected chi connectivity index (χ4v) is 2.94. The maximum Gasteiger partial charge on any atom is 0.0445 e. The molecule has 0 amide bonds. The summed E-state index contributed by atoms with van der Waals surface area (Å²) in [4.78, 5) is 9.30. The maximum absolute atomic E-state index is 4.27. The summed E-state index contributed by atoms with van der Waals surface area (Å²) >= 11 is 0. The Hall–Kier alpha value is -1.13. The van der Waals surface area contributed by atoms with E-state index in [9.17, 15) is 0 Å². The average Bonchev–Trinajstić information content (AvgIpc) is 2.61. The molecule has 2 heterocycles. The summed E-state index contributed by atoms with van der Waals surface area (Å²) in [6.07, 6.45) is 6.32. The number of rotatable bonds is 4. The Morgan fingerprint density at radius 2 is 2.26 bits per heavy atom. The minimum absolute atomic E-state index is 0.602. The molecule has 1 atom stereocenters. The van der Waals surface area contributed by atoms with Gasteiger partial charge in [-0.1, -0.05) is 6.92 Å². The largest absolute Gasteiger partial charge is 0.367 e. The quantitative estimate of drug-likeness (QED) is 0.895. The van der Waals surface area contributed by atoms with E-state index in [-0.39, 0.29) is 0 Å². The van der Waals surface area contributed by atoms with Crippen molar-refractivity contribution in [1.29, 1.82) is 0 Å². The molecule has 0 bridgehead atoms. The van der Waals surface area contributed by atoms with Gasteiger partial charge in [0, 0.05) is 49.3 Å². The highest BCUT2D eigenvalue weighted by Crippen LogP contribution is 2.25. The lowest BCUT2D eigenvalue weighted by atomic mass is 10.1. The summed E-state index contributed by atoms with van der Waals surface area (Å²) in [6.45, 7) is 6.66.